The van der Waals surface area contributed by atoms with Crippen LogP contribution < -0.4 is 10.2 Å². The van der Waals surface area contributed by atoms with Crippen LogP contribution >= 0.6 is 0 Å². The van der Waals surface area contributed by atoms with Crippen molar-refractivity contribution in [3.8, 4) is 0 Å². The Labute approximate surface area is 204 Å². The highest BCUT2D eigenvalue weighted by Gasteiger charge is 2.22. The number of carbonyl (C=O) groups is 1. The molecule has 0 aliphatic carbocycles. The summed E-state index contributed by atoms with van der Waals surface area (Å²) in [7, 11) is 0. The van der Waals surface area contributed by atoms with E-state index < -0.39 is 0 Å². The number of hydrogen-bond acceptors (Lipinski definition) is 3. The lowest BCUT2D eigenvalue weighted by atomic mass is 9.93. The fourth-order valence-electron chi connectivity index (χ4n) is 4.86. The lowest BCUT2D eigenvalue weighted by molar-refractivity contribution is -0.117. The number of piperidine rings is 1. The van der Waals surface area contributed by atoms with Gasteiger partial charge in [-0.3, -0.25) is 4.79 Å². The number of nitrogens with one attached hydrogen (secondary N) is 1. The van der Waals surface area contributed by atoms with Gasteiger partial charge in [0.15, 0.2) is 0 Å². The quantitative estimate of drug-likeness (QED) is 0.390. The Hall–Kier alpha value is -3.11. The first-order valence-corrected chi connectivity index (χ1v) is 12.6. The summed E-state index contributed by atoms with van der Waals surface area (Å²) >= 11 is 0. The second-order valence-corrected chi connectivity index (χ2v) is 9.60. The maximum atomic E-state index is 12.7. The normalized spacial score (nSPS) is 14.8. The summed E-state index contributed by atoms with van der Waals surface area (Å²) in [5, 5.41) is 3.17. The summed E-state index contributed by atoms with van der Waals surface area (Å²) in [5.41, 5.74) is 4.61. The summed E-state index contributed by atoms with van der Waals surface area (Å²) in [6.45, 7) is 8.40. The molecule has 1 aliphatic heterocycles. The van der Waals surface area contributed by atoms with E-state index in [1.54, 1.807) is 0 Å². The van der Waals surface area contributed by atoms with Crippen molar-refractivity contribution in [3.63, 3.8) is 0 Å². The number of para-hydroxylation sites is 3. The molecule has 178 valence electrons. The van der Waals surface area contributed by atoms with Crippen molar-refractivity contribution in [2.24, 2.45) is 5.92 Å². The molecule has 3 aromatic rings. The van der Waals surface area contributed by atoms with Crippen molar-refractivity contribution in [3.05, 3.63) is 90.5 Å². The van der Waals surface area contributed by atoms with Gasteiger partial charge >= 0.3 is 0 Å². The molecule has 1 amide bonds. The van der Waals surface area contributed by atoms with Gasteiger partial charge in [-0.15, -0.1) is 0 Å². The van der Waals surface area contributed by atoms with E-state index in [1.807, 2.05) is 18.2 Å². The molecule has 1 heterocycles. The number of hydrogen-bond donors (Lipinski definition) is 1. The predicted molar refractivity (Wildman–Crippen MR) is 143 cm³/mol. The first-order chi connectivity index (χ1) is 16.6. The standard InChI is InChI=1S/C30H37N3O/c1-24(2)28-15-9-10-16-29(28)31-30(34)23-25-17-19-32(20-18-25)21-22-33(26-11-5-3-6-12-26)27-13-7-4-8-14-27/h3-16,24-25H,17-23H2,1-2H3,(H,31,34). The van der Waals surface area contributed by atoms with Crippen molar-refractivity contribution < 1.29 is 4.79 Å². The number of amides is 1. The van der Waals surface area contributed by atoms with Crippen molar-refractivity contribution in [2.45, 2.75) is 39.0 Å². The number of carbonyl (C=O) groups excluding carboxylic acids is 1. The third kappa shape index (κ3) is 6.48. The fourth-order valence-corrected chi connectivity index (χ4v) is 4.86. The van der Waals surface area contributed by atoms with Gasteiger partial charge in [-0.05, 0) is 73.7 Å². The summed E-state index contributed by atoms with van der Waals surface area (Å²) in [5.74, 6) is 0.999. The van der Waals surface area contributed by atoms with E-state index in [1.165, 1.54) is 16.9 Å². The highest BCUT2D eigenvalue weighted by atomic mass is 16.1. The van der Waals surface area contributed by atoms with Gasteiger partial charge in [-0.1, -0.05) is 68.4 Å². The molecule has 1 fully saturated rings. The number of benzene rings is 3. The SMILES string of the molecule is CC(C)c1ccccc1NC(=O)CC1CCN(CCN(c2ccccc2)c2ccccc2)CC1. The molecule has 1 saturated heterocycles. The molecule has 0 spiro atoms. The van der Waals surface area contributed by atoms with Gasteiger partial charge in [0, 0.05) is 36.6 Å². The van der Waals surface area contributed by atoms with Crippen LogP contribution in [0.5, 0.6) is 0 Å². The Morgan fingerprint density at radius 1 is 0.882 bits per heavy atom. The van der Waals surface area contributed by atoms with Gasteiger partial charge in [-0.2, -0.15) is 0 Å². The van der Waals surface area contributed by atoms with E-state index in [4.69, 9.17) is 0 Å². The molecule has 1 aliphatic rings. The van der Waals surface area contributed by atoms with E-state index in [-0.39, 0.29) is 5.91 Å². The smallest absolute Gasteiger partial charge is 0.224 e. The molecule has 0 bridgehead atoms. The Morgan fingerprint density at radius 3 is 2.03 bits per heavy atom. The Morgan fingerprint density at radius 2 is 1.44 bits per heavy atom. The molecular weight excluding hydrogens is 418 g/mol. The van der Waals surface area contributed by atoms with Crippen molar-refractivity contribution in [1.29, 1.82) is 0 Å². The Balaban J connectivity index is 1.27. The molecule has 0 saturated carbocycles. The van der Waals surface area contributed by atoms with E-state index in [0.717, 1.165) is 44.7 Å². The lowest BCUT2D eigenvalue weighted by Crippen LogP contribution is -2.39. The minimum atomic E-state index is 0.144. The van der Waals surface area contributed by atoms with E-state index in [0.29, 0.717) is 18.3 Å². The summed E-state index contributed by atoms with van der Waals surface area (Å²) in [6, 6.07) is 29.4. The fraction of sp³-hybridized carbons (Fsp3) is 0.367. The lowest BCUT2D eigenvalue weighted by Gasteiger charge is -2.34. The molecule has 4 nitrogen and oxygen atoms in total. The largest absolute Gasteiger partial charge is 0.340 e. The van der Waals surface area contributed by atoms with Crippen molar-refractivity contribution in [2.75, 3.05) is 36.4 Å². The zero-order valence-corrected chi connectivity index (χ0v) is 20.5. The average Bonchev–Trinajstić information content (AvgIpc) is 2.86. The van der Waals surface area contributed by atoms with E-state index in [2.05, 4.69) is 95.7 Å². The molecule has 1 N–H and O–H groups in total. The Bertz CT molecular complexity index is 988. The highest BCUT2D eigenvalue weighted by molar-refractivity contribution is 5.91. The molecule has 0 aromatic heterocycles. The maximum absolute atomic E-state index is 12.7. The van der Waals surface area contributed by atoms with E-state index in [9.17, 15) is 4.79 Å². The molecule has 0 radical (unpaired) electrons. The number of likely N-dealkylation sites (tertiary alicyclic amines) is 1. The predicted octanol–water partition coefficient (Wildman–Crippen LogP) is 6.69. The second-order valence-electron chi connectivity index (χ2n) is 9.60. The summed E-state index contributed by atoms with van der Waals surface area (Å²) in [4.78, 5) is 17.7. The maximum Gasteiger partial charge on any atom is 0.224 e. The van der Waals surface area contributed by atoms with Crippen LogP contribution in [0.3, 0.4) is 0 Å². The molecule has 4 heteroatoms. The van der Waals surface area contributed by atoms with Gasteiger partial charge in [0.25, 0.3) is 0 Å². The molecule has 4 rings (SSSR count). The zero-order chi connectivity index (χ0) is 23.8. The van der Waals surface area contributed by atoms with Crippen LogP contribution in [0.25, 0.3) is 0 Å². The minimum Gasteiger partial charge on any atom is -0.340 e. The van der Waals surface area contributed by atoms with Crippen molar-refractivity contribution in [1.82, 2.24) is 4.90 Å². The van der Waals surface area contributed by atoms with Gasteiger partial charge in [-0.25, -0.2) is 0 Å². The number of nitrogens with zero attached hydrogens (tertiary/aromatic N) is 2. The molecule has 34 heavy (non-hydrogen) atoms. The summed E-state index contributed by atoms with van der Waals surface area (Å²) < 4.78 is 0. The highest BCUT2D eigenvalue weighted by Crippen LogP contribution is 2.27. The van der Waals surface area contributed by atoms with Crippen LogP contribution in [-0.2, 0) is 4.79 Å². The third-order valence-electron chi connectivity index (χ3n) is 6.81. The number of rotatable bonds is 9. The van der Waals surface area contributed by atoms with Gasteiger partial charge < -0.3 is 15.1 Å². The Kier molecular flexibility index (Phi) is 8.37. The molecule has 3 aromatic carbocycles. The first kappa shape index (κ1) is 24.0. The van der Waals surface area contributed by atoms with E-state index >= 15 is 0 Å². The summed E-state index contributed by atoms with van der Waals surface area (Å²) in [6.07, 6.45) is 2.77. The first-order valence-electron chi connectivity index (χ1n) is 12.6. The molecular formula is C30H37N3O. The monoisotopic (exact) mass is 455 g/mol. The van der Waals surface area contributed by atoms with Crippen molar-refractivity contribution >= 4 is 23.0 Å². The van der Waals surface area contributed by atoms with Crippen LogP contribution in [0.4, 0.5) is 17.1 Å². The number of anilines is 3. The van der Waals surface area contributed by atoms with Crippen LogP contribution in [0.2, 0.25) is 0 Å². The second kappa shape index (κ2) is 11.8. The zero-order valence-electron chi connectivity index (χ0n) is 20.5. The average molecular weight is 456 g/mol. The van der Waals surface area contributed by atoms with Crippen LogP contribution in [0, 0.1) is 5.92 Å². The van der Waals surface area contributed by atoms with Crippen LogP contribution in [-0.4, -0.2) is 37.0 Å². The van der Waals surface area contributed by atoms with Gasteiger partial charge in [0.1, 0.15) is 0 Å². The third-order valence-corrected chi connectivity index (χ3v) is 6.81. The van der Waals surface area contributed by atoms with Crippen LogP contribution in [0.15, 0.2) is 84.9 Å². The molecule has 0 unspecified atom stereocenters. The minimum absolute atomic E-state index is 0.144. The molecule has 0 atom stereocenters. The topological polar surface area (TPSA) is 35.6 Å². The van der Waals surface area contributed by atoms with Gasteiger partial charge in [0.05, 0.1) is 0 Å². The van der Waals surface area contributed by atoms with Crippen LogP contribution in [0.1, 0.15) is 44.6 Å². The van der Waals surface area contributed by atoms with Gasteiger partial charge in [0.2, 0.25) is 5.91 Å².